The maximum Gasteiger partial charge on any atom is 0.254 e. The van der Waals surface area contributed by atoms with Crippen molar-refractivity contribution in [3.63, 3.8) is 0 Å². The van der Waals surface area contributed by atoms with Gasteiger partial charge in [0.1, 0.15) is 5.75 Å². The van der Waals surface area contributed by atoms with Gasteiger partial charge in [0.05, 0.1) is 22.6 Å². The molecule has 0 saturated carbocycles. The molecule has 0 bridgehead atoms. The second-order valence-electron chi connectivity index (χ2n) is 4.60. The third-order valence-electron chi connectivity index (χ3n) is 2.98. The Labute approximate surface area is 125 Å². The largest absolute Gasteiger partial charge is 0.507 e. The summed E-state index contributed by atoms with van der Waals surface area (Å²) >= 11 is 8.99. The van der Waals surface area contributed by atoms with Crippen molar-refractivity contribution < 1.29 is 14.6 Å². The number of halogens is 2. The van der Waals surface area contributed by atoms with Gasteiger partial charge in [-0.3, -0.25) is 4.79 Å². The van der Waals surface area contributed by atoms with E-state index in [9.17, 15) is 9.90 Å². The van der Waals surface area contributed by atoms with E-state index in [1.165, 1.54) is 6.07 Å². The number of morpholine rings is 1. The van der Waals surface area contributed by atoms with Crippen molar-refractivity contribution in [2.24, 2.45) is 0 Å². The number of carbonyl (C=O) groups excluding carboxylic acids is 1. The second kappa shape index (κ2) is 6.11. The molecule has 1 fully saturated rings. The third kappa shape index (κ3) is 3.41. The van der Waals surface area contributed by atoms with E-state index in [2.05, 4.69) is 15.9 Å². The first kappa shape index (κ1) is 14.6. The highest BCUT2D eigenvalue weighted by Crippen LogP contribution is 2.25. The summed E-state index contributed by atoms with van der Waals surface area (Å²) in [6.45, 7) is 2.92. The summed E-state index contributed by atoms with van der Waals surface area (Å²) in [5.74, 6) is 0.300. The number of phenolic OH excluding ortho intramolecular Hbond substituents is 1. The van der Waals surface area contributed by atoms with E-state index in [1.54, 1.807) is 17.0 Å². The normalized spacial score (nSPS) is 23.4. The van der Waals surface area contributed by atoms with Crippen LogP contribution in [-0.4, -0.2) is 47.1 Å². The number of hydrogen-bond acceptors (Lipinski definition) is 3. The summed E-state index contributed by atoms with van der Waals surface area (Å²) in [6.07, 6.45) is -0.177. The Morgan fingerprint density at radius 3 is 2.95 bits per heavy atom. The fourth-order valence-electron chi connectivity index (χ4n) is 2.12. The smallest absolute Gasteiger partial charge is 0.254 e. The van der Waals surface area contributed by atoms with Gasteiger partial charge in [0.2, 0.25) is 0 Å². The van der Waals surface area contributed by atoms with Crippen LogP contribution in [0.25, 0.3) is 0 Å². The van der Waals surface area contributed by atoms with Gasteiger partial charge in [-0.1, -0.05) is 0 Å². The molecule has 0 spiro atoms. The molecule has 2 rings (SSSR count). The van der Waals surface area contributed by atoms with Crippen LogP contribution in [0.4, 0.5) is 0 Å². The molecule has 19 heavy (non-hydrogen) atoms. The Bertz CT molecular complexity index is 483. The molecule has 4 nitrogen and oxygen atoms in total. The van der Waals surface area contributed by atoms with Crippen molar-refractivity contribution in [1.82, 2.24) is 4.90 Å². The summed E-state index contributed by atoms with van der Waals surface area (Å²) in [4.78, 5) is 14.1. The number of ether oxygens (including phenoxy) is 1. The molecule has 0 radical (unpaired) electrons. The summed E-state index contributed by atoms with van der Waals surface area (Å²) < 4.78 is 6.18. The van der Waals surface area contributed by atoms with Crippen molar-refractivity contribution in [2.75, 3.05) is 19.0 Å². The quantitative estimate of drug-likeness (QED) is 0.836. The van der Waals surface area contributed by atoms with Crippen molar-refractivity contribution >= 4 is 33.4 Å². The first-order valence-electron chi connectivity index (χ1n) is 6.00. The first-order valence-corrected chi connectivity index (χ1v) is 7.33. The molecule has 1 aromatic carbocycles. The lowest BCUT2D eigenvalue weighted by Gasteiger charge is -2.36. The standard InChI is InChI=1S/C13H15BrClNO3/c1-8-6-16(7-10(5-15)19-8)13(18)9-2-3-11(14)12(17)4-9/h2-4,8,10,17H,5-7H2,1H3. The molecule has 2 atom stereocenters. The predicted octanol–water partition coefficient (Wildman–Crippen LogP) is 2.62. The maximum atomic E-state index is 12.4. The maximum absolute atomic E-state index is 12.4. The van der Waals surface area contributed by atoms with Crippen molar-refractivity contribution in [2.45, 2.75) is 19.1 Å². The van der Waals surface area contributed by atoms with Crippen molar-refractivity contribution in [3.05, 3.63) is 28.2 Å². The van der Waals surface area contributed by atoms with E-state index < -0.39 is 0 Å². The van der Waals surface area contributed by atoms with Crippen LogP contribution in [-0.2, 0) is 4.74 Å². The summed E-state index contributed by atoms with van der Waals surface area (Å²) in [6, 6.07) is 4.80. The average molecular weight is 349 g/mol. The minimum atomic E-state index is -0.140. The van der Waals surface area contributed by atoms with Gasteiger partial charge in [0.15, 0.2) is 0 Å². The Morgan fingerprint density at radius 1 is 1.58 bits per heavy atom. The molecular weight excluding hydrogens is 334 g/mol. The third-order valence-corrected chi connectivity index (χ3v) is 3.99. The molecule has 104 valence electrons. The number of hydrogen-bond donors (Lipinski definition) is 1. The Morgan fingerprint density at radius 2 is 2.32 bits per heavy atom. The second-order valence-corrected chi connectivity index (χ2v) is 5.76. The number of benzene rings is 1. The van der Waals surface area contributed by atoms with E-state index in [4.69, 9.17) is 16.3 Å². The van der Waals surface area contributed by atoms with Gasteiger partial charge in [-0.05, 0) is 41.1 Å². The molecular formula is C13H15BrClNO3. The number of nitrogens with zero attached hydrogens (tertiary/aromatic N) is 1. The topological polar surface area (TPSA) is 49.8 Å². The van der Waals surface area contributed by atoms with Crippen LogP contribution in [0.5, 0.6) is 5.75 Å². The Hall–Kier alpha value is -0.780. The molecule has 1 aliphatic rings. The first-order chi connectivity index (χ1) is 9.01. The van der Waals surface area contributed by atoms with E-state index >= 15 is 0 Å². The average Bonchev–Trinajstić information content (AvgIpc) is 2.40. The van der Waals surface area contributed by atoms with E-state index in [0.29, 0.717) is 29.0 Å². The van der Waals surface area contributed by atoms with Crippen LogP contribution in [0.15, 0.2) is 22.7 Å². The van der Waals surface area contributed by atoms with Crippen molar-refractivity contribution in [1.29, 1.82) is 0 Å². The van der Waals surface area contributed by atoms with Crippen molar-refractivity contribution in [3.8, 4) is 5.75 Å². The SMILES string of the molecule is CC1CN(C(=O)c2ccc(Br)c(O)c2)CC(CCl)O1. The monoisotopic (exact) mass is 347 g/mol. The Balaban J connectivity index is 2.16. The zero-order valence-electron chi connectivity index (χ0n) is 10.5. The van der Waals surface area contributed by atoms with Crippen LogP contribution in [0.1, 0.15) is 17.3 Å². The molecule has 1 heterocycles. The predicted molar refractivity (Wildman–Crippen MR) is 76.8 cm³/mol. The molecule has 1 saturated heterocycles. The summed E-state index contributed by atoms with van der Waals surface area (Å²) in [5.41, 5.74) is 0.461. The number of phenols is 1. The number of rotatable bonds is 2. The van der Waals surface area contributed by atoms with Crippen LogP contribution in [0.3, 0.4) is 0 Å². The molecule has 1 amide bonds. The van der Waals surface area contributed by atoms with Gasteiger partial charge in [0.25, 0.3) is 5.91 Å². The fourth-order valence-corrected chi connectivity index (χ4v) is 2.54. The van der Waals surface area contributed by atoms with Crippen LogP contribution >= 0.6 is 27.5 Å². The van der Waals surface area contributed by atoms with E-state index in [-0.39, 0.29) is 23.9 Å². The van der Waals surface area contributed by atoms with Crippen LogP contribution in [0, 0.1) is 0 Å². The zero-order valence-corrected chi connectivity index (χ0v) is 12.8. The molecule has 1 aliphatic heterocycles. The van der Waals surface area contributed by atoms with Crippen LogP contribution in [0.2, 0.25) is 0 Å². The molecule has 0 aromatic heterocycles. The highest BCUT2D eigenvalue weighted by Gasteiger charge is 2.28. The number of amides is 1. The number of carbonyl (C=O) groups is 1. The highest BCUT2D eigenvalue weighted by molar-refractivity contribution is 9.10. The van der Waals surface area contributed by atoms with Gasteiger partial charge < -0.3 is 14.7 Å². The van der Waals surface area contributed by atoms with Gasteiger partial charge in [0, 0.05) is 18.7 Å². The number of alkyl halides is 1. The molecule has 1 aromatic rings. The van der Waals surface area contributed by atoms with Crippen LogP contribution < -0.4 is 0 Å². The van der Waals surface area contributed by atoms with Gasteiger partial charge in [-0.25, -0.2) is 0 Å². The lowest BCUT2D eigenvalue weighted by atomic mass is 10.1. The van der Waals surface area contributed by atoms with E-state index in [1.807, 2.05) is 6.92 Å². The summed E-state index contributed by atoms with van der Waals surface area (Å²) in [7, 11) is 0. The van der Waals surface area contributed by atoms with Gasteiger partial charge in [-0.15, -0.1) is 11.6 Å². The van der Waals surface area contributed by atoms with Gasteiger partial charge >= 0.3 is 0 Å². The molecule has 0 aliphatic carbocycles. The molecule has 6 heteroatoms. The Kier molecular flexibility index (Phi) is 4.71. The van der Waals surface area contributed by atoms with E-state index in [0.717, 1.165) is 0 Å². The lowest BCUT2D eigenvalue weighted by molar-refractivity contribution is -0.0570. The molecule has 2 unspecified atom stereocenters. The minimum Gasteiger partial charge on any atom is -0.507 e. The lowest BCUT2D eigenvalue weighted by Crippen LogP contribution is -2.49. The summed E-state index contributed by atoms with van der Waals surface area (Å²) in [5, 5.41) is 9.63. The highest BCUT2D eigenvalue weighted by atomic mass is 79.9. The molecule has 1 N–H and O–H groups in total. The minimum absolute atomic E-state index is 0.0366. The fraction of sp³-hybridized carbons (Fsp3) is 0.462. The number of aromatic hydroxyl groups is 1. The zero-order chi connectivity index (χ0) is 14.0. The van der Waals surface area contributed by atoms with Gasteiger partial charge in [-0.2, -0.15) is 0 Å².